The lowest BCUT2D eigenvalue weighted by Gasteiger charge is -2.26. The minimum absolute atomic E-state index is 0.618. The highest BCUT2D eigenvalue weighted by Gasteiger charge is 2.21. The fourth-order valence-electron chi connectivity index (χ4n) is 2.58. The number of aryl methyl sites for hydroxylation is 2. The topological polar surface area (TPSA) is 30.7 Å². The van der Waals surface area contributed by atoms with E-state index in [9.17, 15) is 0 Å². The van der Waals surface area contributed by atoms with Crippen LogP contribution in [-0.2, 0) is 13.0 Å². The Balaban J connectivity index is 2.05. The lowest BCUT2D eigenvalue weighted by molar-refractivity contribution is 0.276. The number of pyridine rings is 1. The number of rotatable bonds is 4. The predicted octanol–water partition coefficient (Wildman–Crippen LogP) is 3.32. The molecule has 3 rings (SSSR count). The van der Waals surface area contributed by atoms with Crippen LogP contribution in [0.4, 0.5) is 0 Å². The molecule has 2 aromatic rings. The summed E-state index contributed by atoms with van der Waals surface area (Å²) in [5.74, 6) is 2.51. The molecule has 3 nitrogen and oxygen atoms in total. The van der Waals surface area contributed by atoms with E-state index in [1.165, 1.54) is 24.8 Å². The highest BCUT2D eigenvalue weighted by atomic mass is 35.5. The first-order valence-corrected chi connectivity index (χ1v) is 7.19. The van der Waals surface area contributed by atoms with Gasteiger partial charge in [-0.25, -0.2) is 9.97 Å². The van der Waals surface area contributed by atoms with Crippen LogP contribution in [0.25, 0.3) is 11.2 Å². The van der Waals surface area contributed by atoms with Crippen molar-refractivity contribution in [3.8, 4) is 0 Å². The Morgan fingerprint density at radius 3 is 2.94 bits per heavy atom. The fourth-order valence-corrected chi connectivity index (χ4v) is 2.75. The lowest BCUT2D eigenvalue weighted by atomic mass is 9.85. The van der Waals surface area contributed by atoms with Crippen LogP contribution >= 0.6 is 11.6 Å². The van der Waals surface area contributed by atoms with Crippen LogP contribution in [0, 0.1) is 12.8 Å². The molecule has 0 aliphatic heterocycles. The second kappa shape index (κ2) is 4.88. The lowest BCUT2D eigenvalue weighted by Crippen LogP contribution is -2.19. The van der Waals surface area contributed by atoms with Crippen molar-refractivity contribution in [1.29, 1.82) is 0 Å². The Morgan fingerprint density at radius 2 is 2.28 bits per heavy atom. The number of imidazole rings is 1. The van der Waals surface area contributed by atoms with Crippen LogP contribution in [0.1, 0.15) is 30.7 Å². The van der Waals surface area contributed by atoms with Gasteiger partial charge in [-0.1, -0.05) is 6.42 Å². The van der Waals surface area contributed by atoms with Gasteiger partial charge in [-0.05, 0) is 37.3 Å². The number of hydrogen-bond donors (Lipinski definition) is 0. The molecule has 1 aliphatic carbocycles. The van der Waals surface area contributed by atoms with Gasteiger partial charge in [0.25, 0.3) is 0 Å². The Bertz CT molecular complexity index is 557. The minimum Gasteiger partial charge on any atom is -0.312 e. The van der Waals surface area contributed by atoms with Crippen LogP contribution in [0.2, 0.25) is 0 Å². The maximum atomic E-state index is 5.89. The van der Waals surface area contributed by atoms with Crippen molar-refractivity contribution in [3.05, 3.63) is 23.7 Å². The number of aromatic nitrogens is 3. The summed E-state index contributed by atoms with van der Waals surface area (Å²) in [6, 6.07) is 2.02. The van der Waals surface area contributed by atoms with E-state index in [4.69, 9.17) is 16.6 Å². The number of hydrogen-bond acceptors (Lipinski definition) is 2. The summed E-state index contributed by atoms with van der Waals surface area (Å²) in [4.78, 5) is 9.24. The largest absolute Gasteiger partial charge is 0.312 e. The molecule has 96 valence electrons. The highest BCUT2D eigenvalue weighted by Crippen LogP contribution is 2.30. The number of nitrogens with zero attached hydrogens (tertiary/aromatic N) is 3. The first-order valence-electron chi connectivity index (χ1n) is 6.66. The van der Waals surface area contributed by atoms with Gasteiger partial charge in [0.05, 0.1) is 0 Å². The third-order valence-electron chi connectivity index (χ3n) is 3.90. The normalized spacial score (nSPS) is 16.1. The maximum Gasteiger partial charge on any atom is 0.160 e. The molecule has 0 unspecified atom stereocenters. The van der Waals surface area contributed by atoms with Crippen LogP contribution < -0.4 is 0 Å². The molecule has 1 saturated carbocycles. The summed E-state index contributed by atoms with van der Waals surface area (Å²) in [5, 5.41) is 0. The standard InChI is InChI=1S/C14H18ClN3/c1-10-6-8-16-14-13(10)17-12(5-7-15)18(14)9-11-3-2-4-11/h6,8,11H,2-5,7,9H2,1H3. The summed E-state index contributed by atoms with van der Waals surface area (Å²) in [7, 11) is 0. The summed E-state index contributed by atoms with van der Waals surface area (Å²) in [6.07, 6.45) is 6.75. The third-order valence-corrected chi connectivity index (χ3v) is 4.09. The average molecular weight is 264 g/mol. The van der Waals surface area contributed by atoms with Crippen LogP contribution in [0.5, 0.6) is 0 Å². The van der Waals surface area contributed by atoms with Gasteiger partial charge in [0, 0.05) is 25.0 Å². The highest BCUT2D eigenvalue weighted by molar-refractivity contribution is 6.17. The molecule has 2 heterocycles. The molecule has 0 spiro atoms. The van der Waals surface area contributed by atoms with Gasteiger partial charge in [0.15, 0.2) is 5.65 Å². The molecule has 4 heteroatoms. The van der Waals surface area contributed by atoms with E-state index in [0.717, 1.165) is 35.9 Å². The van der Waals surface area contributed by atoms with E-state index in [-0.39, 0.29) is 0 Å². The second-order valence-electron chi connectivity index (χ2n) is 5.17. The molecule has 0 amide bonds. The van der Waals surface area contributed by atoms with E-state index in [0.29, 0.717) is 5.88 Å². The second-order valence-corrected chi connectivity index (χ2v) is 5.55. The van der Waals surface area contributed by atoms with Crippen molar-refractivity contribution < 1.29 is 0 Å². The zero-order valence-electron chi connectivity index (χ0n) is 10.7. The minimum atomic E-state index is 0.618. The molecule has 2 aromatic heterocycles. The van der Waals surface area contributed by atoms with E-state index in [2.05, 4.69) is 16.5 Å². The van der Waals surface area contributed by atoms with Crippen LogP contribution in [-0.4, -0.2) is 20.4 Å². The van der Waals surface area contributed by atoms with Gasteiger partial charge < -0.3 is 4.57 Å². The van der Waals surface area contributed by atoms with Gasteiger partial charge in [-0.15, -0.1) is 11.6 Å². The monoisotopic (exact) mass is 263 g/mol. The third kappa shape index (κ3) is 2.01. The molecule has 0 radical (unpaired) electrons. The summed E-state index contributed by atoms with van der Waals surface area (Å²) >= 11 is 5.89. The van der Waals surface area contributed by atoms with Crippen molar-refractivity contribution >= 4 is 22.8 Å². The molecule has 0 N–H and O–H groups in total. The number of halogens is 1. The van der Waals surface area contributed by atoms with E-state index < -0.39 is 0 Å². The van der Waals surface area contributed by atoms with E-state index in [1.807, 2.05) is 12.3 Å². The molecule has 1 fully saturated rings. The molecule has 0 atom stereocenters. The molecular formula is C14H18ClN3. The van der Waals surface area contributed by atoms with Crippen molar-refractivity contribution in [2.45, 2.75) is 39.2 Å². The first kappa shape index (κ1) is 12.0. The molecule has 18 heavy (non-hydrogen) atoms. The number of fused-ring (bicyclic) bond motifs is 1. The average Bonchev–Trinajstić information content (AvgIpc) is 2.64. The van der Waals surface area contributed by atoms with Gasteiger partial charge in [0.1, 0.15) is 11.3 Å². The Kier molecular flexibility index (Phi) is 3.25. The first-order chi connectivity index (χ1) is 8.79. The van der Waals surface area contributed by atoms with Gasteiger partial charge in [0.2, 0.25) is 0 Å². The Morgan fingerprint density at radius 1 is 1.44 bits per heavy atom. The van der Waals surface area contributed by atoms with Crippen molar-refractivity contribution in [1.82, 2.24) is 14.5 Å². The Labute approximate surface area is 112 Å². The smallest absolute Gasteiger partial charge is 0.160 e. The molecule has 0 bridgehead atoms. The fraction of sp³-hybridized carbons (Fsp3) is 0.571. The van der Waals surface area contributed by atoms with E-state index >= 15 is 0 Å². The van der Waals surface area contributed by atoms with Gasteiger partial charge in [-0.2, -0.15) is 0 Å². The maximum absolute atomic E-state index is 5.89. The van der Waals surface area contributed by atoms with Crippen molar-refractivity contribution in [2.75, 3.05) is 5.88 Å². The van der Waals surface area contributed by atoms with Crippen molar-refractivity contribution in [2.24, 2.45) is 5.92 Å². The molecule has 0 saturated heterocycles. The van der Waals surface area contributed by atoms with Crippen LogP contribution in [0.3, 0.4) is 0 Å². The van der Waals surface area contributed by atoms with Crippen LogP contribution in [0.15, 0.2) is 12.3 Å². The SMILES string of the molecule is Cc1ccnc2c1nc(CCCl)n2CC1CCC1. The quantitative estimate of drug-likeness (QED) is 0.793. The zero-order chi connectivity index (χ0) is 12.5. The molecule has 0 aromatic carbocycles. The Hall–Kier alpha value is -1.09. The molecule has 1 aliphatic rings. The molecular weight excluding hydrogens is 246 g/mol. The predicted molar refractivity (Wildman–Crippen MR) is 74.0 cm³/mol. The summed E-state index contributed by atoms with van der Waals surface area (Å²) < 4.78 is 2.29. The van der Waals surface area contributed by atoms with Gasteiger partial charge >= 0.3 is 0 Å². The van der Waals surface area contributed by atoms with E-state index in [1.54, 1.807) is 0 Å². The summed E-state index contributed by atoms with van der Waals surface area (Å²) in [6.45, 7) is 3.15. The summed E-state index contributed by atoms with van der Waals surface area (Å²) in [5.41, 5.74) is 3.27. The van der Waals surface area contributed by atoms with Crippen molar-refractivity contribution in [3.63, 3.8) is 0 Å². The number of alkyl halides is 1. The van der Waals surface area contributed by atoms with Gasteiger partial charge in [-0.3, -0.25) is 0 Å². The zero-order valence-corrected chi connectivity index (χ0v) is 11.5.